The molecule has 1 aromatic carbocycles. The van der Waals surface area contributed by atoms with Crippen molar-refractivity contribution < 1.29 is 10.0 Å². The Morgan fingerprint density at radius 3 is 2.60 bits per heavy atom. The van der Waals surface area contributed by atoms with Gasteiger partial charge in [-0.15, -0.1) is 6.58 Å². The van der Waals surface area contributed by atoms with Crippen LogP contribution in [0.1, 0.15) is 49.5 Å². The molecule has 0 spiro atoms. The monoisotopic (exact) mass is 275 g/mol. The van der Waals surface area contributed by atoms with E-state index in [4.69, 9.17) is 5.21 Å². The van der Waals surface area contributed by atoms with Crippen LogP contribution in [0.25, 0.3) is 0 Å². The fourth-order valence-electron chi connectivity index (χ4n) is 1.65. The van der Waals surface area contributed by atoms with E-state index in [9.17, 15) is 4.79 Å². The average Bonchev–Trinajstić information content (AvgIpc) is 2.47. The van der Waals surface area contributed by atoms with Crippen LogP contribution in [0.15, 0.2) is 48.6 Å². The predicted octanol–water partition coefficient (Wildman–Crippen LogP) is 4.29. The number of carbonyl (C=O) groups is 1. The molecule has 0 radical (unpaired) electrons. The molecule has 0 saturated carbocycles. The summed E-state index contributed by atoms with van der Waals surface area (Å²) in [6, 6.07) is 7.34. The molecular formula is C17H25NO2. The van der Waals surface area contributed by atoms with Gasteiger partial charge in [-0.05, 0) is 57.7 Å². The van der Waals surface area contributed by atoms with Gasteiger partial charge < -0.3 is 0 Å². The molecule has 20 heavy (non-hydrogen) atoms. The van der Waals surface area contributed by atoms with Crippen molar-refractivity contribution in [3.63, 3.8) is 0 Å². The number of aryl methyl sites for hydroxylation is 1. The van der Waals surface area contributed by atoms with Crippen LogP contribution in [-0.4, -0.2) is 11.1 Å². The molecule has 1 aromatic rings. The van der Waals surface area contributed by atoms with Crippen molar-refractivity contribution in [2.24, 2.45) is 0 Å². The van der Waals surface area contributed by atoms with Gasteiger partial charge >= 0.3 is 0 Å². The molecule has 0 aromatic heterocycles. The van der Waals surface area contributed by atoms with E-state index in [-0.39, 0.29) is 0 Å². The lowest BCUT2D eigenvalue weighted by atomic mass is 10.0. The Morgan fingerprint density at radius 1 is 1.40 bits per heavy atom. The smallest absolute Gasteiger partial charge is 0.274 e. The van der Waals surface area contributed by atoms with Crippen molar-refractivity contribution in [1.29, 1.82) is 0 Å². The Morgan fingerprint density at radius 2 is 2.05 bits per heavy atom. The number of carbonyl (C=O) groups excluding carboxylic acids is 1. The SMILES string of the molecule is C/C=C(\C)CCCc1cccc(C(=O)NO)c1.C=CC. The molecule has 0 bridgehead atoms. The number of hydrogen-bond donors (Lipinski definition) is 2. The van der Waals surface area contributed by atoms with Crippen LogP contribution >= 0.6 is 0 Å². The van der Waals surface area contributed by atoms with Gasteiger partial charge in [0, 0.05) is 5.56 Å². The summed E-state index contributed by atoms with van der Waals surface area (Å²) in [5.41, 5.74) is 4.64. The van der Waals surface area contributed by atoms with E-state index in [2.05, 4.69) is 19.6 Å². The van der Waals surface area contributed by atoms with Crippen LogP contribution in [0.3, 0.4) is 0 Å². The van der Waals surface area contributed by atoms with Crippen LogP contribution in [0, 0.1) is 0 Å². The maximum Gasteiger partial charge on any atom is 0.274 e. The van der Waals surface area contributed by atoms with E-state index in [1.165, 1.54) is 5.57 Å². The number of amides is 1. The zero-order valence-electron chi connectivity index (χ0n) is 12.6. The number of benzene rings is 1. The minimum absolute atomic E-state index is 0.462. The number of hydroxylamine groups is 1. The zero-order chi connectivity index (χ0) is 15.4. The highest BCUT2D eigenvalue weighted by Gasteiger charge is 2.04. The van der Waals surface area contributed by atoms with Gasteiger partial charge in [-0.25, -0.2) is 5.48 Å². The highest BCUT2D eigenvalue weighted by atomic mass is 16.5. The molecule has 1 rings (SSSR count). The quantitative estimate of drug-likeness (QED) is 0.478. The van der Waals surface area contributed by atoms with E-state index in [1.54, 1.807) is 17.6 Å². The van der Waals surface area contributed by atoms with Crippen molar-refractivity contribution in [2.75, 3.05) is 0 Å². The van der Waals surface area contributed by atoms with Crippen LogP contribution < -0.4 is 5.48 Å². The second-order valence-corrected chi connectivity index (χ2v) is 4.54. The van der Waals surface area contributed by atoms with Gasteiger partial charge in [0.1, 0.15) is 0 Å². The number of rotatable bonds is 5. The molecular weight excluding hydrogens is 250 g/mol. The first-order valence-electron chi connectivity index (χ1n) is 6.81. The van der Waals surface area contributed by atoms with Crippen LogP contribution in [0.2, 0.25) is 0 Å². The van der Waals surface area contributed by atoms with Gasteiger partial charge in [-0.3, -0.25) is 10.0 Å². The van der Waals surface area contributed by atoms with Crippen LogP contribution in [-0.2, 0) is 6.42 Å². The number of hydrogen-bond acceptors (Lipinski definition) is 2. The van der Waals surface area contributed by atoms with E-state index in [0.29, 0.717) is 5.56 Å². The van der Waals surface area contributed by atoms with Gasteiger partial charge in [0.25, 0.3) is 5.91 Å². The van der Waals surface area contributed by atoms with Crippen molar-refractivity contribution in [1.82, 2.24) is 5.48 Å². The standard InChI is InChI=1S/C14H19NO2.C3H6/c1-3-11(2)6-4-7-12-8-5-9-13(10-12)14(16)15-17;1-3-2/h3,5,8-10,17H,4,6-7H2,1-2H3,(H,15,16);3H,1H2,2H3/b11-3+;. The minimum atomic E-state index is -0.462. The summed E-state index contributed by atoms with van der Waals surface area (Å²) < 4.78 is 0. The van der Waals surface area contributed by atoms with Gasteiger partial charge in [-0.2, -0.15) is 0 Å². The third-order valence-electron chi connectivity index (χ3n) is 2.82. The molecule has 0 aliphatic heterocycles. The summed E-state index contributed by atoms with van der Waals surface area (Å²) >= 11 is 0. The zero-order valence-corrected chi connectivity index (χ0v) is 12.6. The summed E-state index contributed by atoms with van der Waals surface area (Å²) in [5, 5.41) is 8.55. The first kappa shape index (κ1) is 18.1. The van der Waals surface area contributed by atoms with Crippen LogP contribution in [0.5, 0.6) is 0 Å². The average molecular weight is 275 g/mol. The topological polar surface area (TPSA) is 49.3 Å². The van der Waals surface area contributed by atoms with Crippen molar-refractivity contribution in [2.45, 2.75) is 40.0 Å². The molecule has 0 heterocycles. The molecule has 0 aliphatic rings. The molecule has 3 heteroatoms. The molecule has 0 fully saturated rings. The van der Waals surface area contributed by atoms with Gasteiger partial charge in [0.2, 0.25) is 0 Å². The Hall–Kier alpha value is -1.87. The van der Waals surface area contributed by atoms with Crippen molar-refractivity contribution in [3.05, 3.63) is 59.7 Å². The van der Waals surface area contributed by atoms with Gasteiger partial charge in [-0.1, -0.05) is 29.9 Å². The Balaban J connectivity index is 0.00000110. The summed E-state index contributed by atoms with van der Waals surface area (Å²) in [7, 11) is 0. The van der Waals surface area contributed by atoms with E-state index < -0.39 is 5.91 Å². The summed E-state index contributed by atoms with van der Waals surface area (Å²) in [4.78, 5) is 11.2. The van der Waals surface area contributed by atoms with E-state index >= 15 is 0 Å². The molecule has 2 N–H and O–H groups in total. The van der Waals surface area contributed by atoms with Gasteiger partial charge in [0.15, 0.2) is 0 Å². The highest BCUT2D eigenvalue weighted by Crippen LogP contribution is 2.11. The summed E-state index contributed by atoms with van der Waals surface area (Å²) in [5.74, 6) is -0.462. The lowest BCUT2D eigenvalue weighted by Gasteiger charge is -2.04. The fourth-order valence-corrected chi connectivity index (χ4v) is 1.65. The first-order valence-corrected chi connectivity index (χ1v) is 6.81. The maximum absolute atomic E-state index is 11.2. The van der Waals surface area contributed by atoms with E-state index in [0.717, 1.165) is 24.8 Å². The third-order valence-corrected chi connectivity index (χ3v) is 2.82. The Bertz CT molecular complexity index is 450. The Labute approximate surface area is 122 Å². The van der Waals surface area contributed by atoms with Crippen LogP contribution in [0.4, 0.5) is 0 Å². The fraction of sp³-hybridized carbons (Fsp3) is 0.353. The molecule has 0 atom stereocenters. The summed E-state index contributed by atoms with van der Waals surface area (Å²) in [6.45, 7) is 9.41. The van der Waals surface area contributed by atoms with Gasteiger partial charge in [0.05, 0.1) is 0 Å². The lowest BCUT2D eigenvalue weighted by molar-refractivity contribution is 0.0706. The lowest BCUT2D eigenvalue weighted by Crippen LogP contribution is -2.18. The number of nitrogens with one attached hydrogen (secondary N) is 1. The maximum atomic E-state index is 11.2. The third kappa shape index (κ3) is 7.54. The molecule has 0 unspecified atom stereocenters. The molecule has 110 valence electrons. The van der Waals surface area contributed by atoms with Crippen molar-refractivity contribution >= 4 is 5.91 Å². The largest absolute Gasteiger partial charge is 0.288 e. The predicted molar refractivity (Wildman–Crippen MR) is 83.9 cm³/mol. The minimum Gasteiger partial charge on any atom is -0.288 e. The second kappa shape index (κ2) is 11.0. The molecule has 0 aliphatic carbocycles. The summed E-state index contributed by atoms with van der Waals surface area (Å²) in [6.07, 6.45) is 6.96. The first-order chi connectivity index (χ1) is 9.58. The second-order valence-electron chi connectivity index (χ2n) is 4.54. The molecule has 0 saturated heterocycles. The normalized spacial score (nSPS) is 10.3. The van der Waals surface area contributed by atoms with Crippen molar-refractivity contribution in [3.8, 4) is 0 Å². The molecule has 1 amide bonds. The van der Waals surface area contributed by atoms with E-state index in [1.807, 2.05) is 32.0 Å². The molecule has 3 nitrogen and oxygen atoms in total. The number of allylic oxidation sites excluding steroid dienone is 3. The highest BCUT2D eigenvalue weighted by molar-refractivity contribution is 5.93. The Kier molecular flexibility index (Phi) is 9.97.